The number of rotatable bonds is 8. The van der Waals surface area contributed by atoms with Crippen LogP contribution in [0, 0.1) is 5.92 Å². The van der Waals surface area contributed by atoms with Gasteiger partial charge in [0.2, 0.25) is 0 Å². The first-order valence-electron chi connectivity index (χ1n) is 6.75. The summed E-state index contributed by atoms with van der Waals surface area (Å²) < 4.78 is 5.50. The normalized spacial score (nSPS) is 25.9. The van der Waals surface area contributed by atoms with E-state index < -0.39 is 0 Å². The molecule has 0 radical (unpaired) electrons. The fourth-order valence-corrected chi connectivity index (χ4v) is 2.62. The number of unbranched alkanes of at least 4 members (excludes halogenated alkanes) is 1. The zero-order valence-corrected chi connectivity index (χ0v) is 11.3. The summed E-state index contributed by atoms with van der Waals surface area (Å²) in [7, 11) is 0. The lowest BCUT2D eigenvalue weighted by atomic mass is 9.89. The van der Waals surface area contributed by atoms with Crippen LogP contribution in [0.1, 0.15) is 45.4 Å². The standard InChI is InChI=1S/C13H26ClNO/c1-2-3-8-16-9-7-15-11-12-5-4-6-13(14)10-12/h12-13,15H,2-11H2,1H3. The highest BCUT2D eigenvalue weighted by Crippen LogP contribution is 2.27. The smallest absolute Gasteiger partial charge is 0.0590 e. The Balaban J connectivity index is 1.86. The Labute approximate surface area is 105 Å². The van der Waals surface area contributed by atoms with E-state index in [1.54, 1.807) is 0 Å². The van der Waals surface area contributed by atoms with Crippen molar-refractivity contribution in [2.75, 3.05) is 26.3 Å². The highest BCUT2D eigenvalue weighted by atomic mass is 35.5. The molecular formula is C13H26ClNO. The summed E-state index contributed by atoms with van der Waals surface area (Å²) >= 11 is 6.16. The van der Waals surface area contributed by atoms with Gasteiger partial charge in [0.1, 0.15) is 0 Å². The van der Waals surface area contributed by atoms with Gasteiger partial charge in [-0.2, -0.15) is 0 Å². The summed E-state index contributed by atoms with van der Waals surface area (Å²) in [4.78, 5) is 0. The third-order valence-electron chi connectivity index (χ3n) is 3.22. The van der Waals surface area contributed by atoms with Crippen molar-refractivity contribution < 1.29 is 4.74 Å². The Morgan fingerprint density at radius 3 is 2.94 bits per heavy atom. The molecular weight excluding hydrogens is 222 g/mol. The lowest BCUT2D eigenvalue weighted by molar-refractivity contribution is 0.131. The first-order chi connectivity index (χ1) is 7.83. The Morgan fingerprint density at radius 2 is 2.19 bits per heavy atom. The molecule has 1 fully saturated rings. The van der Waals surface area contributed by atoms with Crippen LogP contribution in [0.2, 0.25) is 0 Å². The summed E-state index contributed by atoms with van der Waals surface area (Å²) in [6.07, 6.45) is 7.42. The van der Waals surface area contributed by atoms with Gasteiger partial charge in [-0.05, 0) is 38.1 Å². The Bertz CT molecular complexity index is 166. The predicted molar refractivity (Wildman–Crippen MR) is 70.2 cm³/mol. The molecule has 96 valence electrons. The molecule has 1 rings (SSSR count). The van der Waals surface area contributed by atoms with E-state index in [2.05, 4.69) is 12.2 Å². The Hall–Kier alpha value is 0.210. The van der Waals surface area contributed by atoms with Crippen LogP contribution in [0.25, 0.3) is 0 Å². The van der Waals surface area contributed by atoms with Gasteiger partial charge in [0, 0.05) is 18.5 Å². The van der Waals surface area contributed by atoms with Crippen LogP contribution in [0.15, 0.2) is 0 Å². The van der Waals surface area contributed by atoms with Gasteiger partial charge >= 0.3 is 0 Å². The van der Waals surface area contributed by atoms with E-state index in [9.17, 15) is 0 Å². The number of hydrogen-bond acceptors (Lipinski definition) is 2. The second-order valence-corrected chi connectivity index (χ2v) is 5.42. The van der Waals surface area contributed by atoms with E-state index in [-0.39, 0.29) is 0 Å². The van der Waals surface area contributed by atoms with Gasteiger partial charge in [-0.1, -0.05) is 19.8 Å². The van der Waals surface area contributed by atoms with Crippen molar-refractivity contribution in [3.63, 3.8) is 0 Å². The third kappa shape index (κ3) is 6.72. The molecule has 0 amide bonds. The van der Waals surface area contributed by atoms with Crippen LogP contribution in [0.3, 0.4) is 0 Å². The molecule has 1 aliphatic rings. The van der Waals surface area contributed by atoms with Crippen LogP contribution in [0.5, 0.6) is 0 Å². The number of nitrogens with one attached hydrogen (secondary N) is 1. The molecule has 0 aromatic heterocycles. The van der Waals surface area contributed by atoms with Gasteiger partial charge in [0.05, 0.1) is 6.61 Å². The van der Waals surface area contributed by atoms with Gasteiger partial charge in [-0.15, -0.1) is 11.6 Å². The number of ether oxygens (including phenoxy) is 1. The van der Waals surface area contributed by atoms with Gasteiger partial charge in [-0.25, -0.2) is 0 Å². The molecule has 2 unspecified atom stereocenters. The van der Waals surface area contributed by atoms with Crippen molar-refractivity contribution >= 4 is 11.6 Å². The van der Waals surface area contributed by atoms with E-state index in [1.165, 1.54) is 38.5 Å². The molecule has 1 aliphatic carbocycles. The SMILES string of the molecule is CCCCOCCNCC1CCCC(Cl)C1. The maximum Gasteiger partial charge on any atom is 0.0590 e. The fraction of sp³-hybridized carbons (Fsp3) is 1.00. The van der Waals surface area contributed by atoms with E-state index >= 15 is 0 Å². The molecule has 1 N–H and O–H groups in total. The van der Waals surface area contributed by atoms with E-state index in [4.69, 9.17) is 16.3 Å². The van der Waals surface area contributed by atoms with Gasteiger partial charge in [-0.3, -0.25) is 0 Å². The summed E-state index contributed by atoms with van der Waals surface area (Å²) in [6.45, 7) is 6.03. The second kappa shape index (κ2) is 9.26. The number of alkyl halides is 1. The molecule has 0 aromatic carbocycles. The average molecular weight is 248 g/mol. The molecule has 3 heteroatoms. The van der Waals surface area contributed by atoms with Crippen LogP contribution in [-0.4, -0.2) is 31.7 Å². The van der Waals surface area contributed by atoms with Gasteiger partial charge in [0.15, 0.2) is 0 Å². The molecule has 16 heavy (non-hydrogen) atoms. The second-order valence-electron chi connectivity index (χ2n) is 4.80. The minimum absolute atomic E-state index is 0.418. The topological polar surface area (TPSA) is 21.3 Å². The lowest BCUT2D eigenvalue weighted by Crippen LogP contribution is -2.29. The average Bonchev–Trinajstić information content (AvgIpc) is 2.28. The van der Waals surface area contributed by atoms with Crippen molar-refractivity contribution in [3.8, 4) is 0 Å². The molecule has 0 aliphatic heterocycles. The molecule has 0 heterocycles. The highest BCUT2D eigenvalue weighted by molar-refractivity contribution is 6.20. The molecule has 1 saturated carbocycles. The Kier molecular flexibility index (Phi) is 8.26. The van der Waals surface area contributed by atoms with Crippen LogP contribution in [0.4, 0.5) is 0 Å². The van der Waals surface area contributed by atoms with Crippen molar-refractivity contribution in [1.82, 2.24) is 5.32 Å². The summed E-state index contributed by atoms with van der Waals surface area (Å²) in [5, 5.41) is 3.89. The summed E-state index contributed by atoms with van der Waals surface area (Å²) in [5.41, 5.74) is 0. The molecule has 2 atom stereocenters. The van der Waals surface area contributed by atoms with E-state index in [1.807, 2.05) is 0 Å². The van der Waals surface area contributed by atoms with Crippen molar-refractivity contribution in [2.24, 2.45) is 5.92 Å². The summed E-state index contributed by atoms with van der Waals surface area (Å²) in [5.74, 6) is 0.784. The maximum absolute atomic E-state index is 6.16. The van der Waals surface area contributed by atoms with Gasteiger partial charge < -0.3 is 10.1 Å². The quantitative estimate of drug-likeness (QED) is 0.526. The predicted octanol–water partition coefficient (Wildman–Crippen LogP) is 3.19. The van der Waals surface area contributed by atoms with Gasteiger partial charge in [0.25, 0.3) is 0 Å². The minimum Gasteiger partial charge on any atom is -0.380 e. The van der Waals surface area contributed by atoms with Crippen molar-refractivity contribution in [3.05, 3.63) is 0 Å². The first kappa shape index (κ1) is 14.3. The molecule has 0 bridgehead atoms. The molecule has 0 saturated heterocycles. The zero-order chi connectivity index (χ0) is 11.6. The third-order valence-corrected chi connectivity index (χ3v) is 3.61. The monoisotopic (exact) mass is 247 g/mol. The zero-order valence-electron chi connectivity index (χ0n) is 10.5. The summed E-state index contributed by atoms with van der Waals surface area (Å²) in [6, 6.07) is 0. The van der Waals surface area contributed by atoms with Crippen molar-refractivity contribution in [2.45, 2.75) is 50.8 Å². The first-order valence-corrected chi connectivity index (χ1v) is 7.19. The Morgan fingerprint density at radius 1 is 1.31 bits per heavy atom. The molecule has 0 aromatic rings. The maximum atomic E-state index is 6.16. The van der Waals surface area contributed by atoms with Crippen LogP contribution >= 0.6 is 11.6 Å². The number of halogens is 1. The fourth-order valence-electron chi connectivity index (χ4n) is 2.21. The van der Waals surface area contributed by atoms with Crippen LogP contribution in [-0.2, 0) is 4.74 Å². The largest absolute Gasteiger partial charge is 0.380 e. The van der Waals surface area contributed by atoms with E-state index in [0.717, 1.165) is 32.2 Å². The molecule has 0 spiro atoms. The van der Waals surface area contributed by atoms with Crippen LogP contribution < -0.4 is 5.32 Å². The number of hydrogen-bond donors (Lipinski definition) is 1. The molecule has 2 nitrogen and oxygen atoms in total. The highest BCUT2D eigenvalue weighted by Gasteiger charge is 2.19. The minimum atomic E-state index is 0.418. The van der Waals surface area contributed by atoms with Crippen molar-refractivity contribution in [1.29, 1.82) is 0 Å². The van der Waals surface area contributed by atoms with E-state index in [0.29, 0.717) is 5.38 Å². The lowest BCUT2D eigenvalue weighted by Gasteiger charge is -2.25.